The zero-order valence-electron chi connectivity index (χ0n) is 10.5. The first-order valence-corrected chi connectivity index (χ1v) is 6.13. The first-order chi connectivity index (χ1) is 9.29. The van der Waals surface area contributed by atoms with Gasteiger partial charge >= 0.3 is 0 Å². The second-order valence-corrected chi connectivity index (χ2v) is 4.14. The average molecular weight is 274 g/mol. The summed E-state index contributed by atoms with van der Waals surface area (Å²) in [5.41, 5.74) is 1.79. The van der Waals surface area contributed by atoms with E-state index in [1.807, 2.05) is 24.3 Å². The topological polar surface area (TPSA) is 59.1 Å². The lowest BCUT2D eigenvalue weighted by Gasteiger charge is -2.12. The van der Waals surface area contributed by atoms with E-state index >= 15 is 0 Å². The van der Waals surface area contributed by atoms with Crippen molar-refractivity contribution < 1.29 is 4.74 Å². The molecule has 0 aliphatic carbocycles. The van der Waals surface area contributed by atoms with Crippen LogP contribution in [0.4, 0.5) is 5.69 Å². The maximum Gasteiger partial charge on any atom is 0.237 e. The Kier molecular flexibility index (Phi) is 4.63. The lowest BCUT2D eigenvalue weighted by atomic mass is 10.3. The van der Waals surface area contributed by atoms with Crippen molar-refractivity contribution in [2.24, 2.45) is 0 Å². The van der Waals surface area contributed by atoms with Crippen molar-refractivity contribution in [1.82, 2.24) is 15.3 Å². The summed E-state index contributed by atoms with van der Waals surface area (Å²) in [6.07, 6.45) is 5.19. The summed E-state index contributed by atoms with van der Waals surface area (Å²) >= 11 is 5.22. The normalized spacial score (nSPS) is 9.74. The summed E-state index contributed by atoms with van der Waals surface area (Å²) < 4.78 is 5.14. The van der Waals surface area contributed by atoms with E-state index in [2.05, 4.69) is 20.6 Å². The summed E-state index contributed by atoms with van der Waals surface area (Å²) in [7, 11) is 1.57. The largest absolute Gasteiger partial charge is 0.480 e. The number of aromatic nitrogens is 2. The first-order valence-electron chi connectivity index (χ1n) is 5.72. The standard InChI is InChI=1S/C13H14N4OS/c1-18-12-11(5-3-7-15-12)17-13(19)16-9-10-4-2-6-14-8-10/h2-8H,9H2,1H3,(H2,16,17,19). The molecule has 0 saturated heterocycles. The molecule has 5 nitrogen and oxygen atoms in total. The van der Waals surface area contributed by atoms with Crippen molar-refractivity contribution in [3.05, 3.63) is 48.4 Å². The summed E-state index contributed by atoms with van der Waals surface area (Å²) in [6, 6.07) is 7.53. The van der Waals surface area contributed by atoms with Crippen LogP contribution in [0.2, 0.25) is 0 Å². The molecule has 2 aromatic heterocycles. The molecule has 0 bridgehead atoms. The van der Waals surface area contributed by atoms with Gasteiger partial charge in [-0.15, -0.1) is 0 Å². The molecule has 2 rings (SSSR count). The number of thiocarbonyl (C=S) groups is 1. The van der Waals surface area contributed by atoms with Crippen LogP contribution in [-0.2, 0) is 6.54 Å². The Morgan fingerprint density at radius 1 is 1.32 bits per heavy atom. The maximum atomic E-state index is 5.22. The second-order valence-electron chi connectivity index (χ2n) is 3.73. The molecule has 0 spiro atoms. The third-order valence-electron chi connectivity index (χ3n) is 2.39. The highest BCUT2D eigenvalue weighted by Crippen LogP contribution is 2.19. The average Bonchev–Trinajstić information content (AvgIpc) is 2.47. The fourth-order valence-corrected chi connectivity index (χ4v) is 1.68. The van der Waals surface area contributed by atoms with Gasteiger partial charge in [0.2, 0.25) is 5.88 Å². The minimum atomic E-state index is 0.507. The Labute approximate surface area is 117 Å². The molecule has 0 aromatic carbocycles. The van der Waals surface area contributed by atoms with Gasteiger partial charge in [-0.2, -0.15) is 0 Å². The minimum Gasteiger partial charge on any atom is -0.480 e. The molecule has 0 saturated carbocycles. The Morgan fingerprint density at radius 2 is 2.16 bits per heavy atom. The van der Waals surface area contributed by atoms with Gasteiger partial charge in [0.1, 0.15) is 5.69 Å². The van der Waals surface area contributed by atoms with Crippen LogP contribution in [-0.4, -0.2) is 22.2 Å². The van der Waals surface area contributed by atoms with Gasteiger partial charge in [0.05, 0.1) is 7.11 Å². The quantitative estimate of drug-likeness (QED) is 0.831. The zero-order valence-corrected chi connectivity index (χ0v) is 11.3. The highest BCUT2D eigenvalue weighted by atomic mass is 32.1. The maximum absolute atomic E-state index is 5.22. The number of pyridine rings is 2. The lowest BCUT2D eigenvalue weighted by Crippen LogP contribution is -2.28. The van der Waals surface area contributed by atoms with Gasteiger partial charge in [0.25, 0.3) is 0 Å². The molecule has 0 amide bonds. The van der Waals surface area contributed by atoms with Crippen molar-refractivity contribution >= 4 is 23.0 Å². The molecule has 0 aliphatic rings. The summed E-state index contributed by atoms with van der Waals surface area (Å²) in [5.74, 6) is 0.507. The van der Waals surface area contributed by atoms with Gasteiger partial charge in [0.15, 0.2) is 5.11 Å². The number of hydrogen-bond acceptors (Lipinski definition) is 4. The molecule has 2 heterocycles. The molecular weight excluding hydrogens is 260 g/mol. The van der Waals surface area contributed by atoms with Crippen molar-refractivity contribution in [3.8, 4) is 5.88 Å². The predicted molar refractivity (Wildman–Crippen MR) is 78.1 cm³/mol. The first kappa shape index (κ1) is 13.2. The van der Waals surface area contributed by atoms with Crippen molar-refractivity contribution in [2.75, 3.05) is 12.4 Å². The number of nitrogens with zero attached hydrogens (tertiary/aromatic N) is 2. The molecule has 2 aromatic rings. The van der Waals surface area contributed by atoms with Crippen LogP contribution in [0, 0.1) is 0 Å². The van der Waals surface area contributed by atoms with E-state index in [1.54, 1.807) is 25.7 Å². The van der Waals surface area contributed by atoms with E-state index in [1.165, 1.54) is 0 Å². The number of ether oxygens (including phenoxy) is 1. The number of nitrogens with one attached hydrogen (secondary N) is 2. The molecule has 0 fully saturated rings. The van der Waals surface area contributed by atoms with Crippen LogP contribution in [0.3, 0.4) is 0 Å². The van der Waals surface area contributed by atoms with Gasteiger partial charge in [-0.3, -0.25) is 4.98 Å². The Hall–Kier alpha value is -2.21. The highest BCUT2D eigenvalue weighted by Gasteiger charge is 2.04. The van der Waals surface area contributed by atoms with E-state index in [9.17, 15) is 0 Å². The van der Waals surface area contributed by atoms with Crippen LogP contribution < -0.4 is 15.4 Å². The van der Waals surface area contributed by atoms with E-state index in [0.717, 1.165) is 11.3 Å². The van der Waals surface area contributed by atoms with E-state index in [-0.39, 0.29) is 0 Å². The van der Waals surface area contributed by atoms with Crippen molar-refractivity contribution in [3.63, 3.8) is 0 Å². The molecule has 0 aliphatic heterocycles. The van der Waals surface area contributed by atoms with Gasteiger partial charge < -0.3 is 15.4 Å². The van der Waals surface area contributed by atoms with Gasteiger partial charge in [0, 0.05) is 25.1 Å². The van der Waals surface area contributed by atoms with E-state index < -0.39 is 0 Å². The van der Waals surface area contributed by atoms with Crippen LogP contribution in [0.25, 0.3) is 0 Å². The van der Waals surface area contributed by atoms with Gasteiger partial charge in [-0.05, 0) is 36.0 Å². The molecule has 0 radical (unpaired) electrons. The highest BCUT2D eigenvalue weighted by molar-refractivity contribution is 7.80. The van der Waals surface area contributed by atoms with Crippen LogP contribution in [0.15, 0.2) is 42.9 Å². The number of hydrogen-bond donors (Lipinski definition) is 2. The molecule has 98 valence electrons. The number of methoxy groups -OCH3 is 1. The molecule has 19 heavy (non-hydrogen) atoms. The molecule has 0 atom stereocenters. The van der Waals surface area contributed by atoms with Crippen molar-refractivity contribution in [1.29, 1.82) is 0 Å². The molecule has 0 unspecified atom stereocenters. The number of rotatable bonds is 4. The molecule has 2 N–H and O–H groups in total. The van der Waals surface area contributed by atoms with Crippen LogP contribution >= 0.6 is 12.2 Å². The smallest absolute Gasteiger partial charge is 0.237 e. The summed E-state index contributed by atoms with van der Waals surface area (Å²) in [5, 5.41) is 6.65. The Balaban J connectivity index is 1.91. The van der Waals surface area contributed by atoms with E-state index in [0.29, 0.717) is 17.5 Å². The monoisotopic (exact) mass is 274 g/mol. The Bertz CT molecular complexity index is 547. The fraction of sp³-hybridized carbons (Fsp3) is 0.154. The third kappa shape index (κ3) is 3.89. The zero-order chi connectivity index (χ0) is 13.5. The lowest BCUT2D eigenvalue weighted by molar-refractivity contribution is 0.400. The predicted octanol–water partition coefficient (Wildman–Crippen LogP) is 1.97. The Morgan fingerprint density at radius 3 is 2.89 bits per heavy atom. The van der Waals surface area contributed by atoms with Gasteiger partial charge in [-0.1, -0.05) is 6.07 Å². The minimum absolute atomic E-state index is 0.507. The van der Waals surface area contributed by atoms with E-state index in [4.69, 9.17) is 17.0 Å². The summed E-state index contributed by atoms with van der Waals surface area (Å²) in [4.78, 5) is 8.13. The molecular formula is C13H14N4OS. The summed E-state index contributed by atoms with van der Waals surface area (Å²) in [6.45, 7) is 0.613. The molecule has 6 heteroatoms. The van der Waals surface area contributed by atoms with Crippen molar-refractivity contribution in [2.45, 2.75) is 6.54 Å². The third-order valence-corrected chi connectivity index (χ3v) is 2.63. The SMILES string of the molecule is COc1ncccc1NC(=S)NCc1cccnc1. The van der Waals surface area contributed by atoms with Gasteiger partial charge in [-0.25, -0.2) is 4.98 Å². The number of anilines is 1. The second kappa shape index (κ2) is 6.65. The fourth-order valence-electron chi connectivity index (χ4n) is 1.50. The van der Waals surface area contributed by atoms with Crippen LogP contribution in [0.5, 0.6) is 5.88 Å². The van der Waals surface area contributed by atoms with Crippen LogP contribution in [0.1, 0.15) is 5.56 Å².